The minimum absolute atomic E-state index is 0.0235. The number of thiophene rings is 1. The van der Waals surface area contributed by atoms with Crippen molar-refractivity contribution in [3.8, 4) is 11.1 Å². The molecule has 0 aliphatic rings. The summed E-state index contributed by atoms with van der Waals surface area (Å²) in [5, 5.41) is 13.2. The first-order chi connectivity index (χ1) is 12.6. The summed E-state index contributed by atoms with van der Waals surface area (Å²) in [5.41, 5.74) is 5.79. The Morgan fingerprint density at radius 2 is 1.69 bits per heavy atom. The summed E-state index contributed by atoms with van der Waals surface area (Å²) < 4.78 is 0. The minimum atomic E-state index is -0.817. The van der Waals surface area contributed by atoms with Crippen LogP contribution in [0.25, 0.3) is 16.7 Å². The van der Waals surface area contributed by atoms with Crippen LogP contribution in [0.1, 0.15) is 11.1 Å². The fourth-order valence-corrected chi connectivity index (χ4v) is 3.50. The van der Waals surface area contributed by atoms with Crippen LogP contribution >= 0.6 is 11.3 Å². The predicted molar refractivity (Wildman–Crippen MR) is 108 cm³/mol. The summed E-state index contributed by atoms with van der Waals surface area (Å²) in [4.78, 5) is 12.7. The van der Waals surface area contributed by atoms with Gasteiger partial charge in [-0.15, -0.1) is 0 Å². The molecular weight excluding hydrogens is 342 g/mol. The summed E-state index contributed by atoms with van der Waals surface area (Å²) >= 11 is 1.69. The highest BCUT2D eigenvalue weighted by molar-refractivity contribution is 7.08. The monoisotopic (exact) mass is 363 g/mol. The van der Waals surface area contributed by atoms with Crippen LogP contribution in [0, 0.1) is 0 Å². The van der Waals surface area contributed by atoms with E-state index in [2.05, 4.69) is 59.3 Å². The highest BCUT2D eigenvalue weighted by Gasteiger charge is 2.08. The van der Waals surface area contributed by atoms with Gasteiger partial charge in [0.05, 0.1) is 6.54 Å². The molecular formula is C22H21NO2S. The second-order valence-electron chi connectivity index (χ2n) is 6.16. The first kappa shape index (κ1) is 18.1. The lowest BCUT2D eigenvalue weighted by atomic mass is 9.96. The molecule has 1 N–H and O–H groups in total. The van der Waals surface area contributed by atoms with Crippen LogP contribution in [0.15, 0.2) is 77.5 Å². The standard InChI is InChI=1S/C22H21NO2S/c1-23(15-22(24)25)13-11-21(18-5-3-2-4-6-18)19-9-7-17(8-10-19)20-12-14-26-16-20/h2-12,14,16H,13,15H2,1H3,(H,24,25)/b21-11+. The molecule has 0 amide bonds. The average Bonchev–Trinajstić information content (AvgIpc) is 3.17. The molecule has 0 saturated heterocycles. The second kappa shape index (κ2) is 8.61. The molecule has 4 heteroatoms. The third-order valence-electron chi connectivity index (χ3n) is 4.15. The summed E-state index contributed by atoms with van der Waals surface area (Å²) in [5.74, 6) is -0.817. The molecule has 0 aliphatic carbocycles. The Morgan fingerprint density at radius 1 is 1.00 bits per heavy atom. The number of carbonyl (C=O) groups is 1. The van der Waals surface area contributed by atoms with Gasteiger partial charge in [-0.2, -0.15) is 11.3 Å². The van der Waals surface area contributed by atoms with E-state index < -0.39 is 5.97 Å². The molecule has 0 aliphatic heterocycles. The van der Waals surface area contributed by atoms with Crippen molar-refractivity contribution in [1.82, 2.24) is 4.90 Å². The maximum atomic E-state index is 10.9. The van der Waals surface area contributed by atoms with Crippen LogP contribution in [0.4, 0.5) is 0 Å². The molecule has 1 aromatic heterocycles. The fourth-order valence-electron chi connectivity index (χ4n) is 2.83. The van der Waals surface area contributed by atoms with E-state index in [1.807, 2.05) is 25.2 Å². The highest BCUT2D eigenvalue weighted by Crippen LogP contribution is 2.27. The van der Waals surface area contributed by atoms with Gasteiger partial charge in [-0.1, -0.05) is 60.7 Å². The van der Waals surface area contributed by atoms with E-state index in [1.54, 1.807) is 16.2 Å². The van der Waals surface area contributed by atoms with Crippen molar-refractivity contribution in [2.75, 3.05) is 20.1 Å². The quantitative estimate of drug-likeness (QED) is 0.651. The van der Waals surface area contributed by atoms with Crippen LogP contribution in [-0.2, 0) is 4.79 Å². The Hall–Kier alpha value is -2.69. The zero-order valence-corrected chi connectivity index (χ0v) is 15.4. The molecule has 2 aromatic carbocycles. The van der Waals surface area contributed by atoms with E-state index in [4.69, 9.17) is 5.11 Å². The van der Waals surface area contributed by atoms with Crippen LogP contribution in [-0.4, -0.2) is 36.1 Å². The molecule has 0 spiro atoms. The van der Waals surface area contributed by atoms with Gasteiger partial charge in [0.15, 0.2) is 0 Å². The lowest BCUT2D eigenvalue weighted by molar-refractivity contribution is -0.137. The van der Waals surface area contributed by atoms with E-state index in [0.717, 1.165) is 16.7 Å². The molecule has 26 heavy (non-hydrogen) atoms. The Kier molecular flexibility index (Phi) is 6.00. The van der Waals surface area contributed by atoms with Gasteiger partial charge < -0.3 is 5.11 Å². The van der Waals surface area contributed by atoms with Crippen LogP contribution in [0.3, 0.4) is 0 Å². The topological polar surface area (TPSA) is 40.5 Å². The number of carboxylic acids is 1. The molecule has 132 valence electrons. The molecule has 3 nitrogen and oxygen atoms in total. The molecule has 0 radical (unpaired) electrons. The predicted octanol–water partition coefficient (Wildman–Crippen LogP) is 4.86. The van der Waals surface area contributed by atoms with Gasteiger partial charge in [-0.05, 0) is 51.7 Å². The third kappa shape index (κ3) is 4.69. The van der Waals surface area contributed by atoms with Crippen molar-refractivity contribution in [3.63, 3.8) is 0 Å². The third-order valence-corrected chi connectivity index (χ3v) is 4.83. The van der Waals surface area contributed by atoms with Crippen molar-refractivity contribution < 1.29 is 9.90 Å². The number of carboxylic acid groups (broad SMARTS) is 1. The van der Waals surface area contributed by atoms with E-state index in [1.165, 1.54) is 11.1 Å². The van der Waals surface area contributed by atoms with Crippen molar-refractivity contribution in [1.29, 1.82) is 0 Å². The molecule has 0 atom stereocenters. The van der Waals surface area contributed by atoms with Crippen molar-refractivity contribution in [2.45, 2.75) is 0 Å². The van der Waals surface area contributed by atoms with Crippen LogP contribution < -0.4 is 0 Å². The number of nitrogens with zero attached hydrogens (tertiary/aromatic N) is 1. The maximum absolute atomic E-state index is 10.9. The highest BCUT2D eigenvalue weighted by atomic mass is 32.1. The summed E-state index contributed by atoms with van der Waals surface area (Å²) in [6.07, 6.45) is 2.10. The van der Waals surface area contributed by atoms with E-state index in [0.29, 0.717) is 6.54 Å². The van der Waals surface area contributed by atoms with Crippen molar-refractivity contribution in [3.05, 3.63) is 88.6 Å². The number of hydrogen-bond acceptors (Lipinski definition) is 3. The number of likely N-dealkylation sites (N-methyl/N-ethyl adjacent to an activating group) is 1. The normalized spacial score (nSPS) is 11.7. The Morgan fingerprint density at radius 3 is 2.31 bits per heavy atom. The average molecular weight is 363 g/mol. The van der Waals surface area contributed by atoms with Gasteiger partial charge in [0, 0.05) is 6.54 Å². The van der Waals surface area contributed by atoms with Gasteiger partial charge in [-0.3, -0.25) is 9.69 Å². The summed E-state index contributed by atoms with van der Waals surface area (Å²) in [6.45, 7) is 0.596. The molecule has 3 aromatic rings. The number of aliphatic carboxylic acids is 1. The van der Waals surface area contributed by atoms with Crippen molar-refractivity contribution in [2.24, 2.45) is 0 Å². The van der Waals surface area contributed by atoms with Crippen LogP contribution in [0.2, 0.25) is 0 Å². The summed E-state index contributed by atoms with van der Waals surface area (Å²) in [6, 6.07) is 20.8. The van der Waals surface area contributed by atoms with E-state index in [-0.39, 0.29) is 6.54 Å². The SMILES string of the molecule is CN(C/C=C(\c1ccccc1)c1ccc(-c2ccsc2)cc1)CC(=O)O. The lowest BCUT2D eigenvalue weighted by Gasteiger charge is -2.14. The van der Waals surface area contributed by atoms with Gasteiger partial charge in [0.1, 0.15) is 0 Å². The smallest absolute Gasteiger partial charge is 0.317 e. The zero-order chi connectivity index (χ0) is 18.4. The van der Waals surface area contributed by atoms with Crippen LogP contribution in [0.5, 0.6) is 0 Å². The van der Waals surface area contributed by atoms with Gasteiger partial charge in [0.25, 0.3) is 0 Å². The molecule has 0 bridgehead atoms. The summed E-state index contributed by atoms with van der Waals surface area (Å²) in [7, 11) is 1.81. The lowest BCUT2D eigenvalue weighted by Crippen LogP contribution is -2.25. The Balaban J connectivity index is 1.89. The van der Waals surface area contributed by atoms with E-state index in [9.17, 15) is 4.79 Å². The Bertz CT molecular complexity index is 868. The molecule has 0 fully saturated rings. The number of hydrogen-bond donors (Lipinski definition) is 1. The zero-order valence-electron chi connectivity index (χ0n) is 14.6. The second-order valence-corrected chi connectivity index (χ2v) is 6.94. The van der Waals surface area contributed by atoms with Gasteiger partial charge in [0.2, 0.25) is 0 Å². The molecule has 1 heterocycles. The van der Waals surface area contributed by atoms with E-state index >= 15 is 0 Å². The molecule has 3 rings (SSSR count). The van der Waals surface area contributed by atoms with Crippen molar-refractivity contribution >= 4 is 22.9 Å². The molecule has 0 saturated carbocycles. The number of rotatable bonds is 7. The number of benzene rings is 2. The Labute approximate surface area is 157 Å². The first-order valence-electron chi connectivity index (χ1n) is 8.42. The molecule has 0 unspecified atom stereocenters. The van der Waals surface area contributed by atoms with Gasteiger partial charge in [-0.25, -0.2) is 0 Å². The largest absolute Gasteiger partial charge is 0.480 e. The minimum Gasteiger partial charge on any atom is -0.480 e. The first-order valence-corrected chi connectivity index (χ1v) is 9.36. The maximum Gasteiger partial charge on any atom is 0.317 e. The fraction of sp³-hybridized carbons (Fsp3) is 0.136. The van der Waals surface area contributed by atoms with Gasteiger partial charge >= 0.3 is 5.97 Å².